The Balaban J connectivity index is 2.31. The molecule has 0 radical (unpaired) electrons. The van der Waals surface area contributed by atoms with Crippen LogP contribution < -0.4 is 5.32 Å². The fraction of sp³-hybridized carbons (Fsp3) is 0.688. The second-order valence-electron chi connectivity index (χ2n) is 4.95. The van der Waals surface area contributed by atoms with Crippen LogP contribution in [0.25, 0.3) is 0 Å². The Morgan fingerprint density at radius 1 is 1.38 bits per heavy atom. The van der Waals surface area contributed by atoms with Gasteiger partial charge >= 0.3 is 0 Å². The standard InChI is InChI=1S/C16H29N3OS/c1-4-6-12-20-13-10-18-16(17-5-2)19(3)11-9-15-8-7-14-21-15/h7-8,14H,4-6,9-13H2,1-3H3,(H,17,18). The molecule has 1 aromatic heterocycles. The molecular weight excluding hydrogens is 282 g/mol. The van der Waals surface area contributed by atoms with Crippen molar-refractivity contribution in [1.29, 1.82) is 0 Å². The average molecular weight is 311 g/mol. The minimum atomic E-state index is 0.702. The summed E-state index contributed by atoms with van der Waals surface area (Å²) in [4.78, 5) is 8.23. The number of hydrogen-bond donors (Lipinski definition) is 1. The van der Waals surface area contributed by atoms with Crippen LogP contribution in [0.4, 0.5) is 0 Å². The molecule has 0 aromatic carbocycles. The predicted molar refractivity (Wildman–Crippen MR) is 92.4 cm³/mol. The smallest absolute Gasteiger partial charge is 0.193 e. The Bertz CT molecular complexity index is 379. The van der Waals surface area contributed by atoms with Gasteiger partial charge in [-0.3, -0.25) is 4.99 Å². The molecule has 0 spiro atoms. The second-order valence-corrected chi connectivity index (χ2v) is 5.98. The van der Waals surface area contributed by atoms with E-state index in [1.807, 2.05) is 11.3 Å². The van der Waals surface area contributed by atoms with Gasteiger partial charge in [0.1, 0.15) is 0 Å². The van der Waals surface area contributed by atoms with Crippen LogP contribution in [0, 0.1) is 0 Å². The fourth-order valence-electron chi connectivity index (χ4n) is 1.87. The number of nitrogens with zero attached hydrogens (tertiary/aromatic N) is 2. The van der Waals surface area contributed by atoms with E-state index in [2.05, 4.69) is 53.6 Å². The van der Waals surface area contributed by atoms with Crippen LogP contribution in [0.1, 0.15) is 31.6 Å². The molecule has 0 unspecified atom stereocenters. The molecular formula is C16H29N3OS. The second kappa shape index (κ2) is 11.6. The van der Waals surface area contributed by atoms with Crippen molar-refractivity contribution >= 4 is 17.3 Å². The van der Waals surface area contributed by atoms with Crippen molar-refractivity contribution in [2.24, 2.45) is 4.99 Å². The number of hydrogen-bond acceptors (Lipinski definition) is 3. The number of thiophene rings is 1. The molecule has 5 heteroatoms. The predicted octanol–water partition coefficient (Wildman–Crippen LogP) is 3.00. The monoisotopic (exact) mass is 311 g/mol. The molecule has 0 aliphatic heterocycles. The third-order valence-corrected chi connectivity index (χ3v) is 4.05. The topological polar surface area (TPSA) is 36.9 Å². The molecule has 21 heavy (non-hydrogen) atoms. The summed E-state index contributed by atoms with van der Waals surface area (Å²) < 4.78 is 5.55. The highest BCUT2D eigenvalue weighted by atomic mass is 32.1. The van der Waals surface area contributed by atoms with E-state index in [9.17, 15) is 0 Å². The number of ether oxygens (including phenoxy) is 1. The SMILES string of the molecule is CCCCOCCN=C(NCC)N(C)CCc1cccs1. The highest BCUT2D eigenvalue weighted by molar-refractivity contribution is 7.09. The first-order chi connectivity index (χ1) is 10.3. The summed E-state index contributed by atoms with van der Waals surface area (Å²) in [6, 6.07) is 4.29. The number of guanidine groups is 1. The minimum absolute atomic E-state index is 0.702. The van der Waals surface area contributed by atoms with Gasteiger partial charge in [-0.1, -0.05) is 19.4 Å². The van der Waals surface area contributed by atoms with Crippen LogP contribution in [-0.4, -0.2) is 50.8 Å². The van der Waals surface area contributed by atoms with Gasteiger partial charge in [0.25, 0.3) is 0 Å². The van der Waals surface area contributed by atoms with Gasteiger partial charge in [0.05, 0.1) is 13.2 Å². The number of aliphatic imine (C=N–C) groups is 1. The lowest BCUT2D eigenvalue weighted by molar-refractivity contribution is 0.138. The highest BCUT2D eigenvalue weighted by Crippen LogP contribution is 2.09. The van der Waals surface area contributed by atoms with Gasteiger partial charge in [0.2, 0.25) is 0 Å². The molecule has 1 rings (SSSR count). The maximum atomic E-state index is 5.55. The molecule has 0 saturated carbocycles. The van der Waals surface area contributed by atoms with E-state index in [-0.39, 0.29) is 0 Å². The molecule has 1 N–H and O–H groups in total. The third kappa shape index (κ3) is 8.07. The van der Waals surface area contributed by atoms with Crippen molar-refractivity contribution in [2.45, 2.75) is 33.1 Å². The Hall–Kier alpha value is -1.07. The Kier molecular flexibility index (Phi) is 9.91. The van der Waals surface area contributed by atoms with Crippen molar-refractivity contribution in [3.8, 4) is 0 Å². The van der Waals surface area contributed by atoms with E-state index >= 15 is 0 Å². The van der Waals surface area contributed by atoms with Gasteiger partial charge in [-0.2, -0.15) is 0 Å². The number of unbranched alkanes of at least 4 members (excludes halogenated alkanes) is 1. The zero-order valence-electron chi connectivity index (χ0n) is 13.6. The molecule has 0 amide bonds. The maximum Gasteiger partial charge on any atom is 0.193 e. The summed E-state index contributed by atoms with van der Waals surface area (Å²) in [6.07, 6.45) is 3.37. The summed E-state index contributed by atoms with van der Waals surface area (Å²) in [6.45, 7) is 8.40. The lowest BCUT2D eigenvalue weighted by atomic mass is 10.3. The van der Waals surface area contributed by atoms with Crippen molar-refractivity contribution in [1.82, 2.24) is 10.2 Å². The van der Waals surface area contributed by atoms with E-state index in [0.29, 0.717) is 6.61 Å². The van der Waals surface area contributed by atoms with E-state index in [4.69, 9.17) is 4.74 Å². The molecule has 0 atom stereocenters. The van der Waals surface area contributed by atoms with Crippen LogP contribution in [0.5, 0.6) is 0 Å². The third-order valence-electron chi connectivity index (χ3n) is 3.11. The molecule has 0 aliphatic carbocycles. The lowest BCUT2D eigenvalue weighted by Gasteiger charge is -2.21. The Morgan fingerprint density at radius 2 is 2.24 bits per heavy atom. The van der Waals surface area contributed by atoms with Gasteiger partial charge in [0.15, 0.2) is 5.96 Å². The van der Waals surface area contributed by atoms with Crippen molar-refractivity contribution < 1.29 is 4.74 Å². The average Bonchev–Trinajstić information content (AvgIpc) is 3.00. The first-order valence-electron chi connectivity index (χ1n) is 7.87. The summed E-state index contributed by atoms with van der Waals surface area (Å²) >= 11 is 1.81. The van der Waals surface area contributed by atoms with Crippen LogP contribution in [-0.2, 0) is 11.2 Å². The lowest BCUT2D eigenvalue weighted by Crippen LogP contribution is -2.40. The maximum absolute atomic E-state index is 5.55. The molecule has 1 aromatic rings. The summed E-state index contributed by atoms with van der Waals surface area (Å²) in [5, 5.41) is 5.47. The minimum Gasteiger partial charge on any atom is -0.380 e. The first-order valence-corrected chi connectivity index (χ1v) is 8.75. The van der Waals surface area contributed by atoms with Gasteiger partial charge in [-0.05, 0) is 31.2 Å². The molecule has 0 saturated heterocycles. The molecule has 4 nitrogen and oxygen atoms in total. The molecule has 120 valence electrons. The van der Waals surface area contributed by atoms with E-state index in [1.54, 1.807) is 0 Å². The number of likely N-dealkylation sites (N-methyl/N-ethyl adjacent to an activating group) is 1. The number of nitrogens with one attached hydrogen (secondary N) is 1. The van der Waals surface area contributed by atoms with Crippen LogP contribution in [0.3, 0.4) is 0 Å². The first kappa shape index (κ1) is 18.0. The van der Waals surface area contributed by atoms with Gasteiger partial charge < -0.3 is 15.0 Å². The van der Waals surface area contributed by atoms with E-state index in [0.717, 1.165) is 45.0 Å². The summed E-state index contributed by atoms with van der Waals surface area (Å²) in [7, 11) is 2.09. The van der Waals surface area contributed by atoms with Crippen LogP contribution in [0.2, 0.25) is 0 Å². The summed E-state index contributed by atoms with van der Waals surface area (Å²) in [5.74, 6) is 0.966. The Morgan fingerprint density at radius 3 is 2.90 bits per heavy atom. The van der Waals surface area contributed by atoms with Crippen molar-refractivity contribution in [3.05, 3.63) is 22.4 Å². The quantitative estimate of drug-likeness (QED) is 0.410. The molecule has 0 bridgehead atoms. The van der Waals surface area contributed by atoms with E-state index < -0.39 is 0 Å². The largest absolute Gasteiger partial charge is 0.380 e. The fourth-order valence-corrected chi connectivity index (χ4v) is 2.57. The van der Waals surface area contributed by atoms with Crippen molar-refractivity contribution in [3.63, 3.8) is 0 Å². The normalized spacial score (nSPS) is 11.7. The van der Waals surface area contributed by atoms with Crippen molar-refractivity contribution in [2.75, 3.05) is 39.9 Å². The zero-order chi connectivity index (χ0) is 15.3. The molecule has 0 fully saturated rings. The molecule has 0 aliphatic rings. The van der Waals surface area contributed by atoms with Gasteiger partial charge in [0, 0.05) is 31.6 Å². The number of rotatable bonds is 10. The van der Waals surface area contributed by atoms with Crippen LogP contribution in [0.15, 0.2) is 22.5 Å². The van der Waals surface area contributed by atoms with E-state index in [1.165, 1.54) is 11.3 Å². The Labute approximate surface area is 133 Å². The van der Waals surface area contributed by atoms with Gasteiger partial charge in [-0.15, -0.1) is 11.3 Å². The zero-order valence-corrected chi connectivity index (χ0v) is 14.4. The highest BCUT2D eigenvalue weighted by Gasteiger charge is 2.05. The molecule has 1 heterocycles. The van der Waals surface area contributed by atoms with Gasteiger partial charge in [-0.25, -0.2) is 0 Å². The van der Waals surface area contributed by atoms with Crippen LogP contribution >= 0.6 is 11.3 Å². The summed E-state index contributed by atoms with van der Waals surface area (Å²) in [5.41, 5.74) is 0.